The number of rotatable bonds is 8. The fourth-order valence-electron chi connectivity index (χ4n) is 4.44. The van der Waals surface area contributed by atoms with Crippen LogP contribution in [0.4, 0.5) is 0 Å². The van der Waals surface area contributed by atoms with Crippen molar-refractivity contribution in [1.29, 1.82) is 0 Å². The molecule has 1 aliphatic heterocycles. The lowest BCUT2D eigenvalue weighted by atomic mass is 10.1. The Morgan fingerprint density at radius 2 is 2.17 bits per heavy atom. The van der Waals surface area contributed by atoms with Crippen LogP contribution in [0.2, 0.25) is 0 Å². The van der Waals surface area contributed by atoms with Crippen molar-refractivity contribution in [3.05, 3.63) is 68.9 Å². The van der Waals surface area contributed by atoms with E-state index in [0.29, 0.717) is 35.7 Å². The molecule has 0 bridgehead atoms. The fraction of sp³-hybridized carbons (Fsp3) is 0.346. The Bertz CT molecular complexity index is 1390. The molecule has 1 amide bonds. The summed E-state index contributed by atoms with van der Waals surface area (Å²) in [7, 11) is 1.63. The summed E-state index contributed by atoms with van der Waals surface area (Å²) in [6, 6.07) is 11.7. The highest BCUT2D eigenvalue weighted by atomic mass is 32.1. The number of benzene rings is 1. The number of carbonyl (C=O) groups excluding carboxylic acids is 1. The van der Waals surface area contributed by atoms with Crippen LogP contribution in [0, 0.1) is 6.92 Å². The Labute approximate surface area is 211 Å². The van der Waals surface area contributed by atoms with Gasteiger partial charge in [0.1, 0.15) is 22.9 Å². The lowest BCUT2D eigenvalue weighted by Gasteiger charge is -2.26. The molecule has 9 heteroatoms. The highest BCUT2D eigenvalue weighted by Gasteiger charge is 2.25. The van der Waals surface area contributed by atoms with Crippen LogP contribution in [0.25, 0.3) is 20.7 Å². The molecule has 7 nitrogen and oxygen atoms in total. The highest BCUT2D eigenvalue weighted by molar-refractivity contribution is 7.18. The summed E-state index contributed by atoms with van der Waals surface area (Å²) in [5, 5.41) is 4.54. The average Bonchev–Trinajstić information content (AvgIpc) is 3.63. The molecule has 4 heterocycles. The Balaban J connectivity index is 1.46. The number of carbonyl (C=O) groups is 1. The van der Waals surface area contributed by atoms with Crippen LogP contribution in [-0.2, 0) is 22.6 Å². The molecular formula is C26H27N3O4S2. The van der Waals surface area contributed by atoms with E-state index >= 15 is 0 Å². The number of aryl methyl sites for hydroxylation is 1. The van der Waals surface area contributed by atoms with E-state index in [4.69, 9.17) is 9.47 Å². The maximum atomic E-state index is 13.6. The van der Waals surface area contributed by atoms with Crippen LogP contribution in [0.15, 0.2) is 52.0 Å². The minimum atomic E-state index is -0.177. The monoisotopic (exact) mass is 509 g/mol. The first-order chi connectivity index (χ1) is 17.0. The highest BCUT2D eigenvalue weighted by Crippen LogP contribution is 2.33. The van der Waals surface area contributed by atoms with E-state index in [2.05, 4.69) is 4.98 Å². The molecule has 0 saturated carbocycles. The van der Waals surface area contributed by atoms with Crippen molar-refractivity contribution in [3.63, 3.8) is 0 Å². The Kier molecular flexibility index (Phi) is 6.99. The van der Waals surface area contributed by atoms with Gasteiger partial charge in [0.25, 0.3) is 5.56 Å². The number of thiophene rings is 2. The minimum Gasteiger partial charge on any atom is -0.497 e. The number of amides is 1. The van der Waals surface area contributed by atoms with Crippen molar-refractivity contribution >= 4 is 38.8 Å². The SMILES string of the molecule is COc1cccc(CN(CC2CCCO2)C(=O)Cn2c(C)nc3scc(-c4cccs4)c3c2=O)c1. The summed E-state index contributed by atoms with van der Waals surface area (Å²) in [5.41, 5.74) is 1.67. The quantitative estimate of drug-likeness (QED) is 0.344. The van der Waals surface area contributed by atoms with Gasteiger partial charge in [-0.2, -0.15) is 0 Å². The van der Waals surface area contributed by atoms with E-state index in [1.165, 1.54) is 15.9 Å². The molecule has 3 aromatic heterocycles. The predicted octanol–water partition coefficient (Wildman–Crippen LogP) is 4.71. The molecule has 4 aromatic rings. The number of fused-ring (bicyclic) bond motifs is 1. The van der Waals surface area contributed by atoms with Gasteiger partial charge in [0.2, 0.25) is 5.91 Å². The van der Waals surface area contributed by atoms with E-state index < -0.39 is 0 Å². The number of hydrogen-bond acceptors (Lipinski definition) is 7. The second kappa shape index (κ2) is 10.3. The van der Waals surface area contributed by atoms with Crippen LogP contribution in [0.5, 0.6) is 5.75 Å². The zero-order chi connectivity index (χ0) is 24.4. The molecule has 5 rings (SSSR count). The van der Waals surface area contributed by atoms with Gasteiger partial charge >= 0.3 is 0 Å². The first-order valence-corrected chi connectivity index (χ1v) is 13.3. The summed E-state index contributed by atoms with van der Waals surface area (Å²) in [4.78, 5) is 35.4. The normalized spacial score (nSPS) is 15.5. The second-order valence-electron chi connectivity index (χ2n) is 8.62. The number of nitrogens with zero attached hydrogens (tertiary/aromatic N) is 3. The van der Waals surface area contributed by atoms with Gasteiger partial charge in [-0.05, 0) is 48.9 Å². The molecule has 35 heavy (non-hydrogen) atoms. The first kappa shape index (κ1) is 23.7. The van der Waals surface area contributed by atoms with Crippen molar-refractivity contribution in [2.45, 2.75) is 39.0 Å². The second-order valence-corrected chi connectivity index (χ2v) is 10.4. The smallest absolute Gasteiger partial charge is 0.263 e. The molecule has 182 valence electrons. The molecule has 0 aliphatic carbocycles. The third-order valence-electron chi connectivity index (χ3n) is 6.27. The average molecular weight is 510 g/mol. The Morgan fingerprint density at radius 3 is 2.91 bits per heavy atom. The van der Waals surface area contributed by atoms with Crippen LogP contribution in [-0.4, -0.2) is 46.7 Å². The Morgan fingerprint density at radius 1 is 1.29 bits per heavy atom. The molecule has 1 fully saturated rings. The summed E-state index contributed by atoms with van der Waals surface area (Å²) in [6.07, 6.45) is 1.92. The molecule has 1 unspecified atom stereocenters. The van der Waals surface area contributed by atoms with Crippen molar-refractivity contribution in [2.75, 3.05) is 20.3 Å². The number of ether oxygens (including phenoxy) is 2. The molecule has 0 radical (unpaired) electrons. The van der Waals surface area contributed by atoms with Crippen molar-refractivity contribution in [1.82, 2.24) is 14.5 Å². The van der Waals surface area contributed by atoms with Crippen LogP contribution in [0.3, 0.4) is 0 Å². The van der Waals surface area contributed by atoms with E-state index in [1.54, 1.807) is 30.3 Å². The zero-order valence-corrected chi connectivity index (χ0v) is 21.4. The summed E-state index contributed by atoms with van der Waals surface area (Å²) in [5.74, 6) is 1.14. The van der Waals surface area contributed by atoms with Gasteiger partial charge in [-0.3, -0.25) is 14.2 Å². The van der Waals surface area contributed by atoms with E-state index in [-0.39, 0.29) is 24.1 Å². The molecule has 0 spiro atoms. The number of aromatic nitrogens is 2. The maximum Gasteiger partial charge on any atom is 0.263 e. The minimum absolute atomic E-state index is 0.00490. The van der Waals surface area contributed by atoms with Crippen LogP contribution < -0.4 is 10.3 Å². The maximum absolute atomic E-state index is 13.6. The molecule has 1 aliphatic rings. The third kappa shape index (κ3) is 5.03. The fourth-order valence-corrected chi connectivity index (χ4v) is 6.24. The Hall–Kier alpha value is -3.01. The third-order valence-corrected chi connectivity index (χ3v) is 8.05. The van der Waals surface area contributed by atoms with Gasteiger partial charge in [0.05, 0.1) is 18.6 Å². The van der Waals surface area contributed by atoms with Crippen molar-refractivity contribution < 1.29 is 14.3 Å². The molecule has 1 saturated heterocycles. The molecular weight excluding hydrogens is 482 g/mol. The molecule has 1 atom stereocenters. The van der Waals surface area contributed by atoms with Crippen LogP contribution in [0.1, 0.15) is 24.2 Å². The summed E-state index contributed by atoms with van der Waals surface area (Å²) >= 11 is 3.05. The van der Waals surface area contributed by atoms with Gasteiger partial charge < -0.3 is 14.4 Å². The first-order valence-electron chi connectivity index (χ1n) is 11.6. The van der Waals surface area contributed by atoms with E-state index in [9.17, 15) is 9.59 Å². The summed E-state index contributed by atoms with van der Waals surface area (Å²) in [6.45, 7) is 3.33. The molecule has 1 aromatic carbocycles. The number of methoxy groups -OCH3 is 1. The van der Waals surface area contributed by atoms with E-state index in [0.717, 1.165) is 34.6 Å². The van der Waals surface area contributed by atoms with Gasteiger partial charge in [-0.15, -0.1) is 22.7 Å². The standard InChI is InChI=1S/C26H27N3O4S2/c1-17-27-25-24(21(16-35-25)22-9-5-11-34-22)26(31)29(17)15-23(30)28(14-20-8-4-10-33-20)13-18-6-3-7-19(12-18)32-2/h3,5-7,9,11-12,16,20H,4,8,10,13-15H2,1-2H3. The lowest BCUT2D eigenvalue weighted by molar-refractivity contribution is -0.134. The van der Waals surface area contributed by atoms with Crippen molar-refractivity contribution in [3.8, 4) is 16.2 Å². The molecule has 0 N–H and O–H groups in total. The largest absolute Gasteiger partial charge is 0.497 e. The van der Waals surface area contributed by atoms with Gasteiger partial charge in [-0.1, -0.05) is 18.2 Å². The summed E-state index contributed by atoms with van der Waals surface area (Å²) < 4.78 is 12.7. The van der Waals surface area contributed by atoms with Crippen molar-refractivity contribution in [2.24, 2.45) is 0 Å². The predicted molar refractivity (Wildman–Crippen MR) is 139 cm³/mol. The lowest BCUT2D eigenvalue weighted by Crippen LogP contribution is -2.41. The van der Waals surface area contributed by atoms with E-state index in [1.807, 2.05) is 47.2 Å². The van der Waals surface area contributed by atoms with Gasteiger partial charge in [0.15, 0.2) is 0 Å². The topological polar surface area (TPSA) is 73.7 Å². The van der Waals surface area contributed by atoms with Gasteiger partial charge in [-0.25, -0.2) is 4.98 Å². The zero-order valence-electron chi connectivity index (χ0n) is 19.7. The van der Waals surface area contributed by atoms with Gasteiger partial charge in [0, 0.05) is 35.5 Å². The number of hydrogen-bond donors (Lipinski definition) is 0. The van der Waals surface area contributed by atoms with Crippen LogP contribution >= 0.6 is 22.7 Å².